The van der Waals surface area contributed by atoms with Gasteiger partial charge in [0.05, 0.1) is 0 Å². The van der Waals surface area contributed by atoms with E-state index >= 15 is 0 Å². The fourth-order valence-corrected chi connectivity index (χ4v) is 2.04. The van der Waals surface area contributed by atoms with Gasteiger partial charge in [-0.1, -0.05) is 60.7 Å². The standard InChI is InChI=1S/C18H18NO3/c1-19(17(13-20)12-15-8-4-2-5-9-15)18(21)22-14-16-10-6-3-7-11-16/h2-11,17H,12,14H2,1H3/t17-/m1/s1. The largest absolute Gasteiger partial charge is 0.445 e. The van der Waals surface area contributed by atoms with Gasteiger partial charge in [0, 0.05) is 13.5 Å². The Morgan fingerprint density at radius 1 is 1.05 bits per heavy atom. The van der Waals surface area contributed by atoms with Crippen LogP contribution in [0, 0.1) is 0 Å². The number of nitrogens with zero attached hydrogens (tertiary/aromatic N) is 1. The minimum absolute atomic E-state index is 0.181. The Bertz CT molecular complexity index is 598. The molecule has 0 N–H and O–H groups in total. The highest BCUT2D eigenvalue weighted by atomic mass is 16.6. The molecule has 0 aliphatic rings. The van der Waals surface area contributed by atoms with Gasteiger partial charge >= 0.3 is 6.09 Å². The van der Waals surface area contributed by atoms with Crippen LogP contribution in [0.15, 0.2) is 60.7 Å². The van der Waals surface area contributed by atoms with Crippen LogP contribution in [0.1, 0.15) is 11.1 Å². The Morgan fingerprint density at radius 2 is 1.59 bits per heavy atom. The number of hydrogen-bond acceptors (Lipinski definition) is 3. The lowest BCUT2D eigenvalue weighted by atomic mass is 10.1. The first kappa shape index (κ1) is 15.8. The highest BCUT2D eigenvalue weighted by molar-refractivity contribution is 5.73. The van der Waals surface area contributed by atoms with Crippen molar-refractivity contribution >= 4 is 12.4 Å². The second-order valence-electron chi connectivity index (χ2n) is 4.97. The maximum absolute atomic E-state index is 12.0. The van der Waals surface area contributed by atoms with Gasteiger partial charge in [-0.2, -0.15) is 0 Å². The van der Waals surface area contributed by atoms with E-state index in [1.54, 1.807) is 7.05 Å². The molecule has 4 nitrogen and oxygen atoms in total. The smallest absolute Gasteiger partial charge is 0.410 e. The lowest BCUT2D eigenvalue weighted by Gasteiger charge is -2.22. The molecule has 0 bridgehead atoms. The minimum atomic E-state index is -0.661. The molecule has 0 unspecified atom stereocenters. The van der Waals surface area contributed by atoms with Crippen molar-refractivity contribution < 1.29 is 14.3 Å². The van der Waals surface area contributed by atoms with E-state index in [0.29, 0.717) is 6.42 Å². The van der Waals surface area contributed by atoms with E-state index in [9.17, 15) is 9.59 Å². The van der Waals surface area contributed by atoms with Crippen molar-refractivity contribution in [3.8, 4) is 0 Å². The number of carbonyl (C=O) groups is 1. The quantitative estimate of drug-likeness (QED) is 0.823. The van der Waals surface area contributed by atoms with Crippen molar-refractivity contribution in [3.63, 3.8) is 0 Å². The van der Waals surface area contributed by atoms with Gasteiger partial charge in [0.2, 0.25) is 6.29 Å². The molecular weight excluding hydrogens is 278 g/mol. The van der Waals surface area contributed by atoms with Crippen LogP contribution in [0.4, 0.5) is 4.79 Å². The summed E-state index contributed by atoms with van der Waals surface area (Å²) in [5.41, 5.74) is 1.87. The molecule has 0 saturated carbocycles. The van der Waals surface area contributed by atoms with Crippen LogP contribution < -0.4 is 0 Å². The Hall–Kier alpha value is -2.62. The lowest BCUT2D eigenvalue weighted by Crippen LogP contribution is -2.39. The molecule has 0 aliphatic carbocycles. The molecule has 0 aliphatic heterocycles. The molecule has 2 aromatic carbocycles. The Balaban J connectivity index is 1.91. The van der Waals surface area contributed by atoms with Gasteiger partial charge < -0.3 is 9.64 Å². The summed E-state index contributed by atoms with van der Waals surface area (Å²) in [6.07, 6.45) is 1.79. The van der Waals surface area contributed by atoms with Crippen molar-refractivity contribution in [2.45, 2.75) is 19.1 Å². The third kappa shape index (κ3) is 4.45. The lowest BCUT2D eigenvalue weighted by molar-refractivity contribution is 0.0988. The fourth-order valence-electron chi connectivity index (χ4n) is 2.04. The molecule has 0 heterocycles. The third-order valence-electron chi connectivity index (χ3n) is 3.37. The number of benzene rings is 2. The summed E-state index contributed by atoms with van der Waals surface area (Å²) < 4.78 is 5.22. The van der Waals surface area contributed by atoms with Crippen molar-refractivity contribution in [3.05, 3.63) is 71.8 Å². The highest BCUT2D eigenvalue weighted by Gasteiger charge is 2.21. The number of amides is 1. The van der Waals surface area contributed by atoms with E-state index in [0.717, 1.165) is 11.1 Å². The zero-order valence-electron chi connectivity index (χ0n) is 12.4. The molecule has 2 aromatic rings. The monoisotopic (exact) mass is 296 g/mol. The summed E-state index contributed by atoms with van der Waals surface area (Å²) in [5.74, 6) is 0. The number of ether oxygens (including phenoxy) is 1. The van der Waals surface area contributed by atoms with Gasteiger partial charge in [-0.05, 0) is 11.1 Å². The Kier molecular flexibility index (Phi) is 5.72. The van der Waals surface area contributed by atoms with Gasteiger partial charge in [0.25, 0.3) is 0 Å². The molecule has 0 aromatic heterocycles. The van der Waals surface area contributed by atoms with E-state index in [-0.39, 0.29) is 6.61 Å². The number of rotatable bonds is 6. The first-order valence-electron chi connectivity index (χ1n) is 7.06. The molecule has 4 heteroatoms. The Morgan fingerprint density at radius 3 is 2.14 bits per heavy atom. The summed E-state index contributed by atoms with van der Waals surface area (Å²) in [6.45, 7) is 0.181. The first-order chi connectivity index (χ1) is 10.7. The summed E-state index contributed by atoms with van der Waals surface area (Å²) in [6, 6.07) is 18.3. The van der Waals surface area contributed by atoms with E-state index < -0.39 is 12.1 Å². The summed E-state index contributed by atoms with van der Waals surface area (Å²) >= 11 is 0. The number of carbonyl (C=O) groups excluding carboxylic acids is 2. The maximum atomic E-state index is 12.0. The summed E-state index contributed by atoms with van der Waals surface area (Å²) in [5, 5.41) is 0. The van der Waals surface area contributed by atoms with E-state index in [2.05, 4.69) is 0 Å². The molecule has 1 radical (unpaired) electrons. The van der Waals surface area contributed by atoms with Crippen LogP contribution in [-0.4, -0.2) is 30.4 Å². The molecule has 22 heavy (non-hydrogen) atoms. The van der Waals surface area contributed by atoms with Crippen LogP contribution in [0.5, 0.6) is 0 Å². The van der Waals surface area contributed by atoms with Gasteiger partial charge in [-0.3, -0.25) is 4.79 Å². The SMILES string of the molecule is CN(C(=O)OCc1ccccc1)[C@@H]([C]=O)Cc1ccccc1. The van der Waals surface area contributed by atoms with Gasteiger partial charge in [0.15, 0.2) is 0 Å². The van der Waals surface area contributed by atoms with Crippen molar-refractivity contribution in [2.24, 2.45) is 0 Å². The third-order valence-corrected chi connectivity index (χ3v) is 3.37. The molecule has 1 amide bonds. The van der Waals surface area contributed by atoms with Gasteiger partial charge in [-0.15, -0.1) is 0 Å². The van der Waals surface area contributed by atoms with Crippen LogP contribution in [-0.2, 0) is 22.6 Å². The maximum Gasteiger partial charge on any atom is 0.410 e. The van der Waals surface area contributed by atoms with Crippen molar-refractivity contribution in [2.75, 3.05) is 7.05 Å². The van der Waals surface area contributed by atoms with Gasteiger partial charge in [-0.25, -0.2) is 4.79 Å². The molecular formula is C18H18NO3. The van der Waals surface area contributed by atoms with Crippen LogP contribution in [0.2, 0.25) is 0 Å². The van der Waals surface area contributed by atoms with Crippen LogP contribution >= 0.6 is 0 Å². The molecule has 0 fully saturated rings. The van der Waals surface area contributed by atoms with Crippen molar-refractivity contribution in [1.82, 2.24) is 4.90 Å². The van der Waals surface area contributed by atoms with Crippen LogP contribution in [0.3, 0.4) is 0 Å². The highest BCUT2D eigenvalue weighted by Crippen LogP contribution is 2.09. The number of likely N-dealkylation sites (N-methyl/N-ethyl adjacent to an activating group) is 1. The normalized spacial score (nSPS) is 11.5. The predicted octanol–water partition coefficient (Wildman–Crippen LogP) is 2.98. The second kappa shape index (κ2) is 7.98. The topological polar surface area (TPSA) is 46.6 Å². The molecule has 1 atom stereocenters. The zero-order chi connectivity index (χ0) is 15.8. The average molecular weight is 296 g/mol. The molecule has 2 rings (SSSR count). The molecule has 113 valence electrons. The van der Waals surface area contributed by atoms with Gasteiger partial charge in [0.1, 0.15) is 12.6 Å². The average Bonchev–Trinajstić information content (AvgIpc) is 2.58. The molecule has 0 spiro atoms. The summed E-state index contributed by atoms with van der Waals surface area (Å²) in [7, 11) is 1.55. The van der Waals surface area contributed by atoms with E-state index in [1.807, 2.05) is 66.9 Å². The zero-order valence-corrected chi connectivity index (χ0v) is 12.4. The minimum Gasteiger partial charge on any atom is -0.445 e. The van der Waals surface area contributed by atoms with Crippen molar-refractivity contribution in [1.29, 1.82) is 0 Å². The van der Waals surface area contributed by atoms with E-state index in [1.165, 1.54) is 4.90 Å². The van der Waals surface area contributed by atoms with E-state index in [4.69, 9.17) is 4.74 Å². The molecule has 0 saturated heterocycles. The predicted molar refractivity (Wildman–Crippen MR) is 84.0 cm³/mol. The first-order valence-corrected chi connectivity index (χ1v) is 7.06. The summed E-state index contributed by atoms with van der Waals surface area (Å²) in [4.78, 5) is 24.5. The van der Waals surface area contributed by atoms with Crippen LogP contribution in [0.25, 0.3) is 0 Å². The number of hydrogen-bond donors (Lipinski definition) is 0. The second-order valence-corrected chi connectivity index (χ2v) is 4.97. The Labute approximate surface area is 130 Å². The fraction of sp³-hybridized carbons (Fsp3) is 0.222.